The first kappa shape index (κ1) is 20.0. The zero-order valence-corrected chi connectivity index (χ0v) is 17.2. The standard InChI is InChI=1S/C23H31FO4/c1-14-12-20(3)17-6-5-15-11-16(26)7-8-19(15,2)22(17,24)10-9-21(20,4)23(14,28)18(27)13-25/h7-8,11,14,17,25,28H,5-6,9-10,12-13H2,1-4H3/t14-,17?,19?,20+,21?,22-,23+/m1/s1. The molecule has 28 heavy (non-hydrogen) atoms. The van der Waals surface area contributed by atoms with Gasteiger partial charge in [0, 0.05) is 16.7 Å². The Morgan fingerprint density at radius 1 is 1.29 bits per heavy atom. The Morgan fingerprint density at radius 2 is 1.96 bits per heavy atom. The lowest BCUT2D eigenvalue weighted by atomic mass is 9.41. The van der Waals surface area contributed by atoms with Crippen molar-refractivity contribution in [2.45, 2.75) is 71.1 Å². The van der Waals surface area contributed by atoms with Crippen molar-refractivity contribution in [2.75, 3.05) is 6.61 Å². The Bertz CT molecular complexity index is 817. The van der Waals surface area contributed by atoms with E-state index in [0.29, 0.717) is 25.7 Å². The fraction of sp³-hybridized carbons (Fsp3) is 0.739. The fourth-order valence-electron chi connectivity index (χ4n) is 7.74. The van der Waals surface area contributed by atoms with Gasteiger partial charge in [-0.1, -0.05) is 32.4 Å². The Balaban J connectivity index is 1.85. The maximum atomic E-state index is 17.0. The molecule has 0 aliphatic heterocycles. The molecule has 0 saturated heterocycles. The van der Waals surface area contributed by atoms with E-state index in [4.69, 9.17) is 0 Å². The third-order valence-electron chi connectivity index (χ3n) is 9.55. The number of carbonyl (C=O) groups is 2. The average Bonchev–Trinajstić information content (AvgIpc) is 2.80. The van der Waals surface area contributed by atoms with Crippen LogP contribution in [-0.4, -0.2) is 39.7 Å². The Labute approximate surface area is 165 Å². The molecule has 0 aromatic heterocycles. The van der Waals surface area contributed by atoms with Gasteiger partial charge >= 0.3 is 0 Å². The minimum atomic E-state index is -1.65. The third-order valence-corrected chi connectivity index (χ3v) is 9.55. The van der Waals surface area contributed by atoms with E-state index in [1.807, 2.05) is 27.7 Å². The molecule has 0 heterocycles. The second kappa shape index (κ2) is 5.63. The predicted molar refractivity (Wildman–Crippen MR) is 103 cm³/mol. The van der Waals surface area contributed by atoms with Gasteiger partial charge in [-0.15, -0.1) is 0 Å². The molecular weight excluding hydrogens is 359 g/mol. The summed E-state index contributed by atoms with van der Waals surface area (Å²) in [5.41, 5.74) is -4.53. The van der Waals surface area contributed by atoms with Crippen LogP contribution in [0.15, 0.2) is 23.8 Å². The molecule has 0 amide bonds. The second-order valence-corrected chi connectivity index (χ2v) is 10.3. The van der Waals surface area contributed by atoms with Crippen molar-refractivity contribution < 1.29 is 24.2 Å². The number of aliphatic hydroxyl groups excluding tert-OH is 1. The van der Waals surface area contributed by atoms with Crippen LogP contribution in [0.5, 0.6) is 0 Å². The SMILES string of the molecule is C[C@@H]1C[C@@]2(C)C3CCC4=CC(=O)C=CC4(C)[C@@]3(F)CCC2(C)[C@@]1(O)C(=O)CO. The first-order valence-electron chi connectivity index (χ1n) is 10.4. The van der Waals surface area contributed by atoms with Crippen LogP contribution in [-0.2, 0) is 9.59 Å². The quantitative estimate of drug-likeness (QED) is 0.759. The van der Waals surface area contributed by atoms with E-state index in [1.54, 1.807) is 12.2 Å². The van der Waals surface area contributed by atoms with Gasteiger partial charge in [0.05, 0.1) is 0 Å². The molecule has 154 valence electrons. The number of Topliss-reactive ketones (excluding diaryl/α,β-unsaturated/α-hetero) is 1. The molecule has 4 rings (SSSR count). The average molecular weight is 390 g/mol. The summed E-state index contributed by atoms with van der Waals surface area (Å²) in [6.45, 7) is 6.98. The van der Waals surface area contributed by atoms with E-state index in [1.165, 1.54) is 6.08 Å². The van der Waals surface area contributed by atoms with Crippen LogP contribution in [0.1, 0.15) is 59.8 Å². The number of aliphatic hydroxyl groups is 2. The van der Waals surface area contributed by atoms with Crippen LogP contribution in [0.4, 0.5) is 4.39 Å². The van der Waals surface area contributed by atoms with Gasteiger partial charge in [-0.2, -0.15) is 0 Å². The van der Waals surface area contributed by atoms with Crippen molar-refractivity contribution in [3.8, 4) is 0 Å². The summed E-state index contributed by atoms with van der Waals surface area (Å²) in [7, 11) is 0. The molecule has 2 N–H and O–H groups in total. The fourth-order valence-corrected chi connectivity index (χ4v) is 7.74. The smallest absolute Gasteiger partial charge is 0.190 e. The number of ketones is 2. The lowest BCUT2D eigenvalue weighted by Gasteiger charge is -2.65. The van der Waals surface area contributed by atoms with E-state index < -0.39 is 39.9 Å². The van der Waals surface area contributed by atoms with Crippen molar-refractivity contribution in [2.24, 2.45) is 28.1 Å². The minimum absolute atomic E-state index is 0.0845. The van der Waals surface area contributed by atoms with Crippen LogP contribution in [0.2, 0.25) is 0 Å². The van der Waals surface area contributed by atoms with Crippen LogP contribution in [0, 0.1) is 28.1 Å². The topological polar surface area (TPSA) is 74.6 Å². The summed E-state index contributed by atoms with van der Waals surface area (Å²) in [6, 6.07) is 0. The first-order chi connectivity index (χ1) is 12.9. The normalized spacial score (nSPS) is 52.5. The summed E-state index contributed by atoms with van der Waals surface area (Å²) >= 11 is 0. The summed E-state index contributed by atoms with van der Waals surface area (Å²) in [6.07, 6.45) is 7.20. The van der Waals surface area contributed by atoms with E-state index >= 15 is 4.39 Å². The van der Waals surface area contributed by atoms with Gasteiger partial charge in [0.15, 0.2) is 11.6 Å². The molecule has 3 saturated carbocycles. The first-order valence-corrected chi connectivity index (χ1v) is 10.4. The number of hydrogen-bond acceptors (Lipinski definition) is 4. The number of fused-ring (bicyclic) bond motifs is 5. The monoisotopic (exact) mass is 390 g/mol. The third kappa shape index (κ3) is 1.93. The maximum Gasteiger partial charge on any atom is 0.190 e. The zero-order valence-electron chi connectivity index (χ0n) is 17.2. The van der Waals surface area contributed by atoms with Gasteiger partial charge in [-0.3, -0.25) is 9.59 Å². The molecule has 0 spiro atoms. The molecule has 0 aromatic rings. The number of rotatable bonds is 2. The van der Waals surface area contributed by atoms with Crippen LogP contribution in [0.25, 0.3) is 0 Å². The summed E-state index contributed by atoms with van der Waals surface area (Å²) in [5.74, 6) is -1.32. The second-order valence-electron chi connectivity index (χ2n) is 10.3. The number of alkyl halides is 1. The molecular formula is C23H31FO4. The largest absolute Gasteiger partial charge is 0.388 e. The molecule has 0 radical (unpaired) electrons. The molecule has 3 fully saturated rings. The maximum absolute atomic E-state index is 17.0. The van der Waals surface area contributed by atoms with Gasteiger partial charge in [0.2, 0.25) is 0 Å². The predicted octanol–water partition coefficient (Wildman–Crippen LogP) is 3.32. The van der Waals surface area contributed by atoms with Gasteiger partial charge in [0.25, 0.3) is 0 Å². The van der Waals surface area contributed by atoms with Crippen molar-refractivity contribution in [3.05, 3.63) is 23.8 Å². The number of carbonyl (C=O) groups excluding carboxylic acids is 2. The van der Waals surface area contributed by atoms with Crippen molar-refractivity contribution >= 4 is 11.6 Å². The van der Waals surface area contributed by atoms with Crippen LogP contribution >= 0.6 is 0 Å². The zero-order chi connectivity index (χ0) is 20.8. The van der Waals surface area contributed by atoms with E-state index in [9.17, 15) is 19.8 Å². The molecule has 4 aliphatic carbocycles. The van der Waals surface area contributed by atoms with Gasteiger partial charge in [-0.25, -0.2) is 4.39 Å². The Kier molecular flexibility index (Phi) is 4.02. The molecule has 0 bridgehead atoms. The van der Waals surface area contributed by atoms with Gasteiger partial charge in [0.1, 0.15) is 17.9 Å². The number of halogens is 1. The molecule has 0 aromatic carbocycles. The van der Waals surface area contributed by atoms with Gasteiger partial charge < -0.3 is 10.2 Å². The molecule has 5 heteroatoms. The van der Waals surface area contributed by atoms with E-state index in [0.717, 1.165) is 5.57 Å². The Morgan fingerprint density at radius 3 is 2.61 bits per heavy atom. The van der Waals surface area contributed by atoms with Crippen molar-refractivity contribution in [3.63, 3.8) is 0 Å². The Hall–Kier alpha value is -1.33. The highest BCUT2D eigenvalue weighted by molar-refractivity contribution is 6.01. The van der Waals surface area contributed by atoms with Crippen LogP contribution < -0.4 is 0 Å². The molecule has 4 nitrogen and oxygen atoms in total. The number of hydrogen-bond donors (Lipinski definition) is 2. The minimum Gasteiger partial charge on any atom is -0.388 e. The van der Waals surface area contributed by atoms with Gasteiger partial charge in [-0.05, 0) is 62.5 Å². The molecule has 4 aliphatic rings. The summed E-state index contributed by atoms with van der Waals surface area (Å²) in [4.78, 5) is 24.5. The van der Waals surface area contributed by atoms with Crippen LogP contribution in [0.3, 0.4) is 0 Å². The van der Waals surface area contributed by atoms with Crippen molar-refractivity contribution in [1.82, 2.24) is 0 Å². The van der Waals surface area contributed by atoms with Crippen molar-refractivity contribution in [1.29, 1.82) is 0 Å². The lowest BCUT2D eigenvalue weighted by Crippen LogP contribution is -2.67. The lowest BCUT2D eigenvalue weighted by molar-refractivity contribution is -0.208. The highest BCUT2D eigenvalue weighted by atomic mass is 19.1. The summed E-state index contributed by atoms with van der Waals surface area (Å²) < 4.78 is 17.0. The summed E-state index contributed by atoms with van der Waals surface area (Å²) in [5, 5.41) is 21.1. The highest BCUT2D eigenvalue weighted by Crippen LogP contribution is 2.75. The van der Waals surface area contributed by atoms with E-state index in [2.05, 4.69) is 0 Å². The number of allylic oxidation sites excluding steroid dienone is 4. The van der Waals surface area contributed by atoms with E-state index in [-0.39, 0.29) is 24.0 Å². The highest BCUT2D eigenvalue weighted by Gasteiger charge is 2.77. The molecule has 7 atom stereocenters. The molecule has 3 unspecified atom stereocenters.